The Morgan fingerprint density at radius 1 is 1.00 bits per heavy atom. The molecule has 3 rings (SSSR count). The van der Waals surface area contributed by atoms with Crippen molar-refractivity contribution in [2.45, 2.75) is 70.8 Å². The van der Waals surface area contributed by atoms with Crippen molar-refractivity contribution in [2.75, 3.05) is 19.6 Å². The Labute approximate surface area is 146 Å². The van der Waals surface area contributed by atoms with Gasteiger partial charge in [-0.25, -0.2) is 0 Å². The summed E-state index contributed by atoms with van der Waals surface area (Å²) in [5.74, 6) is 1.51. The summed E-state index contributed by atoms with van der Waals surface area (Å²) in [6.07, 6.45) is 11.2. The highest BCUT2D eigenvalue weighted by atomic mass is 32.1. The van der Waals surface area contributed by atoms with Crippen LogP contribution in [0.2, 0.25) is 0 Å². The Balaban J connectivity index is 1.46. The van der Waals surface area contributed by atoms with Crippen LogP contribution < -0.4 is 0 Å². The lowest BCUT2D eigenvalue weighted by atomic mass is 9.83. The fourth-order valence-electron chi connectivity index (χ4n) is 4.47. The van der Waals surface area contributed by atoms with E-state index in [-0.39, 0.29) is 0 Å². The van der Waals surface area contributed by atoms with Gasteiger partial charge in [-0.05, 0) is 37.4 Å². The van der Waals surface area contributed by atoms with E-state index in [9.17, 15) is 0 Å². The van der Waals surface area contributed by atoms with E-state index in [2.05, 4.69) is 34.6 Å². The van der Waals surface area contributed by atoms with Crippen LogP contribution >= 0.6 is 12.2 Å². The largest absolute Gasteiger partial charge is 0.336 e. The molecule has 2 nitrogen and oxygen atoms in total. The second-order valence-electron chi connectivity index (χ2n) is 7.58. The van der Waals surface area contributed by atoms with Gasteiger partial charge in [-0.3, -0.25) is 0 Å². The lowest BCUT2D eigenvalue weighted by molar-refractivity contribution is 0.119. The van der Waals surface area contributed by atoms with E-state index >= 15 is 0 Å². The van der Waals surface area contributed by atoms with Crippen LogP contribution in [0.3, 0.4) is 0 Å². The molecule has 0 unspecified atom stereocenters. The summed E-state index contributed by atoms with van der Waals surface area (Å²) < 4.78 is 3.43. The predicted octanol–water partition coefficient (Wildman–Crippen LogP) is 5.39. The third-order valence-corrected chi connectivity index (χ3v) is 5.99. The normalized spacial score (nSPS) is 23.7. The maximum absolute atomic E-state index is 5.52. The van der Waals surface area contributed by atoms with Crippen LogP contribution in [0, 0.1) is 10.6 Å². The monoisotopic (exact) mass is 332 g/mol. The van der Waals surface area contributed by atoms with E-state index < -0.39 is 0 Å². The number of piperidine rings is 1. The maximum Gasteiger partial charge on any atom is 0.106 e. The molecule has 0 aliphatic carbocycles. The second-order valence-corrected chi connectivity index (χ2v) is 8.00. The van der Waals surface area contributed by atoms with Crippen molar-refractivity contribution in [3.63, 3.8) is 0 Å². The number of aromatic nitrogens is 1. The number of hydrogen-bond donors (Lipinski definition) is 0. The van der Waals surface area contributed by atoms with E-state index in [1.807, 2.05) is 0 Å². The molecule has 0 aromatic carbocycles. The molecule has 128 valence electrons. The molecule has 0 saturated carbocycles. The van der Waals surface area contributed by atoms with E-state index in [4.69, 9.17) is 12.2 Å². The quantitative estimate of drug-likeness (QED) is 0.466. The van der Waals surface area contributed by atoms with Crippen LogP contribution in [0.4, 0.5) is 0 Å². The topological polar surface area (TPSA) is 8.17 Å². The van der Waals surface area contributed by atoms with Gasteiger partial charge in [-0.2, -0.15) is 0 Å². The second kappa shape index (κ2) is 8.43. The fourth-order valence-corrected chi connectivity index (χ4v) is 4.73. The molecule has 3 heteroatoms. The molecule has 2 bridgehead atoms. The minimum Gasteiger partial charge on any atom is -0.336 e. The van der Waals surface area contributed by atoms with Crippen molar-refractivity contribution in [2.24, 2.45) is 5.92 Å². The van der Waals surface area contributed by atoms with Gasteiger partial charge in [0.1, 0.15) is 4.64 Å². The molecule has 2 atom stereocenters. The van der Waals surface area contributed by atoms with Gasteiger partial charge in [-0.1, -0.05) is 63.7 Å². The molecule has 0 spiro atoms. The zero-order chi connectivity index (χ0) is 16.1. The van der Waals surface area contributed by atoms with Gasteiger partial charge >= 0.3 is 0 Å². The van der Waals surface area contributed by atoms with Crippen molar-refractivity contribution in [3.8, 4) is 0 Å². The number of hydrogen-bond acceptors (Lipinski definition) is 2. The van der Waals surface area contributed by atoms with Gasteiger partial charge in [0.2, 0.25) is 0 Å². The molecular weight excluding hydrogens is 300 g/mol. The third kappa shape index (κ3) is 4.45. The molecule has 3 heterocycles. The highest BCUT2D eigenvalue weighted by molar-refractivity contribution is 7.71. The first-order chi connectivity index (χ1) is 11.3. The molecule has 0 radical (unpaired) electrons. The Kier molecular flexibility index (Phi) is 6.29. The molecule has 1 aromatic heterocycles. The molecule has 23 heavy (non-hydrogen) atoms. The summed E-state index contributed by atoms with van der Waals surface area (Å²) >= 11 is 5.52. The van der Waals surface area contributed by atoms with Crippen LogP contribution in [0.5, 0.6) is 0 Å². The SMILES string of the molecule is CCCCCCCCCN1C[C@@H]2C[C@H](C1)c1cccc(=S)n1C2. The van der Waals surface area contributed by atoms with Gasteiger partial charge in [0.25, 0.3) is 0 Å². The van der Waals surface area contributed by atoms with Crippen LogP contribution in [-0.4, -0.2) is 29.1 Å². The van der Waals surface area contributed by atoms with Crippen LogP contribution in [0.25, 0.3) is 0 Å². The fraction of sp³-hybridized carbons (Fsp3) is 0.750. The number of pyridine rings is 1. The van der Waals surface area contributed by atoms with Crippen molar-refractivity contribution in [1.29, 1.82) is 0 Å². The minimum atomic E-state index is 0.704. The molecule has 1 saturated heterocycles. The zero-order valence-electron chi connectivity index (χ0n) is 14.7. The maximum atomic E-state index is 5.52. The van der Waals surface area contributed by atoms with E-state index in [0.29, 0.717) is 5.92 Å². The first-order valence-corrected chi connectivity index (χ1v) is 10.1. The molecular formula is C20H32N2S. The van der Waals surface area contributed by atoms with Crippen molar-refractivity contribution < 1.29 is 0 Å². The van der Waals surface area contributed by atoms with Crippen molar-refractivity contribution in [3.05, 3.63) is 28.5 Å². The Hall–Kier alpha value is -0.670. The lowest BCUT2D eigenvalue weighted by Crippen LogP contribution is -2.45. The van der Waals surface area contributed by atoms with Gasteiger partial charge in [-0.15, -0.1) is 0 Å². The highest BCUT2D eigenvalue weighted by Crippen LogP contribution is 2.36. The van der Waals surface area contributed by atoms with Crippen molar-refractivity contribution >= 4 is 12.2 Å². The summed E-state index contributed by atoms with van der Waals surface area (Å²) in [5.41, 5.74) is 1.48. The molecule has 1 aromatic rings. The minimum absolute atomic E-state index is 0.704. The van der Waals surface area contributed by atoms with Gasteiger partial charge < -0.3 is 9.47 Å². The molecule has 2 aliphatic heterocycles. The highest BCUT2D eigenvalue weighted by Gasteiger charge is 2.33. The summed E-state index contributed by atoms with van der Waals surface area (Å²) in [7, 11) is 0. The number of rotatable bonds is 8. The number of likely N-dealkylation sites (tertiary alicyclic amines) is 1. The average molecular weight is 333 g/mol. The first-order valence-electron chi connectivity index (χ1n) is 9.70. The summed E-state index contributed by atoms with van der Waals surface area (Å²) in [4.78, 5) is 2.73. The number of fused-ring (bicyclic) bond motifs is 4. The molecule has 1 fully saturated rings. The van der Waals surface area contributed by atoms with Gasteiger partial charge in [0.05, 0.1) is 0 Å². The van der Waals surface area contributed by atoms with E-state index in [0.717, 1.165) is 17.1 Å². The van der Waals surface area contributed by atoms with E-state index in [1.54, 1.807) is 0 Å². The van der Waals surface area contributed by atoms with Crippen LogP contribution in [0.1, 0.15) is 69.9 Å². The standard InChI is InChI=1S/C20H32N2S/c1-2-3-4-5-6-7-8-12-21-14-17-13-18(16-21)19-10-9-11-20(23)22(19)15-17/h9-11,17-18H,2-8,12-16H2,1H3/t17-,18+/m0/s1. The van der Waals surface area contributed by atoms with Gasteiger partial charge in [0, 0.05) is 31.2 Å². The smallest absolute Gasteiger partial charge is 0.106 e. The van der Waals surface area contributed by atoms with Crippen LogP contribution in [-0.2, 0) is 6.54 Å². The lowest BCUT2D eigenvalue weighted by Gasteiger charge is -2.43. The Morgan fingerprint density at radius 3 is 2.61 bits per heavy atom. The third-order valence-electron chi connectivity index (χ3n) is 5.63. The molecule has 0 N–H and O–H groups in total. The Morgan fingerprint density at radius 2 is 1.78 bits per heavy atom. The molecule has 2 aliphatic rings. The van der Waals surface area contributed by atoms with Crippen LogP contribution in [0.15, 0.2) is 18.2 Å². The number of unbranched alkanes of at least 4 members (excludes halogenated alkanes) is 6. The number of nitrogens with zero attached hydrogens (tertiary/aromatic N) is 2. The summed E-state index contributed by atoms with van der Waals surface area (Å²) in [5, 5.41) is 0. The summed E-state index contributed by atoms with van der Waals surface area (Å²) in [6, 6.07) is 6.52. The zero-order valence-corrected chi connectivity index (χ0v) is 15.5. The van der Waals surface area contributed by atoms with Gasteiger partial charge in [0.15, 0.2) is 0 Å². The predicted molar refractivity (Wildman–Crippen MR) is 101 cm³/mol. The van der Waals surface area contributed by atoms with Crippen molar-refractivity contribution in [1.82, 2.24) is 9.47 Å². The Bertz CT molecular complexity index is 551. The summed E-state index contributed by atoms with van der Waals surface area (Å²) in [6.45, 7) is 7.25. The molecule has 0 amide bonds. The van der Waals surface area contributed by atoms with E-state index in [1.165, 1.54) is 76.7 Å². The average Bonchev–Trinajstić information content (AvgIpc) is 2.55. The first kappa shape index (κ1) is 17.2.